The molecule has 0 atom stereocenters. The lowest BCUT2D eigenvalue weighted by Gasteiger charge is -2.21. The van der Waals surface area contributed by atoms with Gasteiger partial charge in [-0.25, -0.2) is 9.97 Å². The molecule has 1 aliphatic rings. The molecule has 0 saturated carbocycles. The second-order valence-corrected chi connectivity index (χ2v) is 7.60. The number of nitrogens with zero attached hydrogens (tertiary/aromatic N) is 3. The van der Waals surface area contributed by atoms with E-state index in [4.69, 9.17) is 0 Å². The molecule has 0 unspecified atom stereocenters. The van der Waals surface area contributed by atoms with Crippen LogP contribution in [0.15, 0.2) is 47.9 Å². The molecule has 2 aromatic heterocycles. The number of aryl methyl sites for hydroxylation is 1. The molecule has 0 bridgehead atoms. The molecular formula is C19H21N5S. The van der Waals surface area contributed by atoms with Gasteiger partial charge in [-0.15, -0.1) is 11.8 Å². The second-order valence-electron chi connectivity index (χ2n) is 6.31. The van der Waals surface area contributed by atoms with Crippen LogP contribution >= 0.6 is 11.8 Å². The first-order valence-corrected chi connectivity index (χ1v) is 9.48. The van der Waals surface area contributed by atoms with Crippen LogP contribution in [-0.2, 0) is 0 Å². The van der Waals surface area contributed by atoms with E-state index in [2.05, 4.69) is 56.7 Å². The Morgan fingerprint density at radius 3 is 2.80 bits per heavy atom. The van der Waals surface area contributed by atoms with Crippen LogP contribution in [0.25, 0.3) is 22.5 Å². The van der Waals surface area contributed by atoms with Crippen LogP contribution < -0.4 is 5.32 Å². The molecule has 3 heterocycles. The van der Waals surface area contributed by atoms with Gasteiger partial charge in [0.25, 0.3) is 0 Å². The van der Waals surface area contributed by atoms with Crippen molar-refractivity contribution in [2.24, 2.45) is 0 Å². The number of thioether (sulfide) groups is 1. The van der Waals surface area contributed by atoms with Gasteiger partial charge < -0.3 is 5.32 Å². The van der Waals surface area contributed by atoms with Crippen LogP contribution in [0, 0.1) is 6.92 Å². The third-order valence-electron chi connectivity index (χ3n) is 4.44. The Morgan fingerprint density at radius 1 is 1.16 bits per heavy atom. The minimum atomic E-state index is 0.593. The van der Waals surface area contributed by atoms with E-state index in [1.54, 1.807) is 12.5 Å². The number of aromatic nitrogens is 4. The lowest BCUT2D eigenvalue weighted by atomic mass is 10.0. The largest absolute Gasteiger partial charge is 0.317 e. The topological polar surface area (TPSA) is 66.5 Å². The first-order valence-electron chi connectivity index (χ1n) is 8.60. The average Bonchev–Trinajstić information content (AvgIpc) is 3.07. The maximum atomic E-state index is 4.65. The Balaban J connectivity index is 1.76. The summed E-state index contributed by atoms with van der Waals surface area (Å²) < 4.78 is 0. The molecule has 5 nitrogen and oxygen atoms in total. The number of hydrogen-bond donors (Lipinski definition) is 2. The van der Waals surface area contributed by atoms with Crippen LogP contribution in [0.4, 0.5) is 0 Å². The van der Waals surface area contributed by atoms with E-state index in [0.717, 1.165) is 40.6 Å². The third kappa shape index (κ3) is 3.60. The van der Waals surface area contributed by atoms with Gasteiger partial charge in [0.2, 0.25) is 0 Å². The van der Waals surface area contributed by atoms with E-state index < -0.39 is 0 Å². The van der Waals surface area contributed by atoms with Gasteiger partial charge in [-0.2, -0.15) is 5.10 Å². The van der Waals surface area contributed by atoms with E-state index in [-0.39, 0.29) is 0 Å². The summed E-state index contributed by atoms with van der Waals surface area (Å²) in [4.78, 5) is 8.55. The van der Waals surface area contributed by atoms with Crippen molar-refractivity contribution >= 4 is 11.8 Å². The van der Waals surface area contributed by atoms with E-state index in [9.17, 15) is 0 Å². The minimum absolute atomic E-state index is 0.593. The van der Waals surface area contributed by atoms with Crippen LogP contribution in [0.3, 0.4) is 0 Å². The third-order valence-corrected chi connectivity index (χ3v) is 5.77. The maximum absolute atomic E-state index is 4.65. The number of piperidine rings is 1. The Morgan fingerprint density at radius 2 is 2.04 bits per heavy atom. The molecule has 1 fully saturated rings. The lowest BCUT2D eigenvalue weighted by Crippen LogP contribution is -2.29. The monoisotopic (exact) mass is 351 g/mol. The van der Waals surface area contributed by atoms with Gasteiger partial charge in [-0.05, 0) is 45.0 Å². The highest BCUT2D eigenvalue weighted by Gasteiger charge is 2.22. The van der Waals surface area contributed by atoms with Crippen molar-refractivity contribution in [2.45, 2.75) is 30.0 Å². The zero-order valence-corrected chi connectivity index (χ0v) is 15.0. The Hall–Kier alpha value is -2.18. The Bertz CT molecular complexity index is 840. The van der Waals surface area contributed by atoms with Gasteiger partial charge in [-0.1, -0.05) is 23.8 Å². The zero-order chi connectivity index (χ0) is 17.1. The predicted molar refractivity (Wildman–Crippen MR) is 102 cm³/mol. The van der Waals surface area contributed by atoms with Crippen molar-refractivity contribution in [3.63, 3.8) is 0 Å². The summed E-state index contributed by atoms with van der Waals surface area (Å²) in [6.07, 6.45) is 5.72. The maximum Gasteiger partial charge on any atom is 0.128 e. The number of hydrogen-bond acceptors (Lipinski definition) is 5. The van der Waals surface area contributed by atoms with Crippen molar-refractivity contribution in [3.8, 4) is 22.5 Å². The molecule has 0 radical (unpaired) electrons. The quantitative estimate of drug-likeness (QED) is 0.750. The van der Waals surface area contributed by atoms with Gasteiger partial charge in [0.05, 0.1) is 17.0 Å². The fourth-order valence-electron chi connectivity index (χ4n) is 3.17. The molecule has 1 aromatic carbocycles. The van der Waals surface area contributed by atoms with Crippen molar-refractivity contribution < 1.29 is 0 Å². The SMILES string of the molecule is Cc1cccc(-c2[nH]nc(SC3CCNCC3)c2-c2ccncn2)c1. The van der Waals surface area contributed by atoms with Crippen LogP contribution in [-0.4, -0.2) is 38.5 Å². The normalized spacial score (nSPS) is 15.4. The van der Waals surface area contributed by atoms with Crippen molar-refractivity contribution in [1.82, 2.24) is 25.5 Å². The first-order chi connectivity index (χ1) is 12.3. The summed E-state index contributed by atoms with van der Waals surface area (Å²) in [7, 11) is 0. The molecular weight excluding hydrogens is 330 g/mol. The highest BCUT2D eigenvalue weighted by Crippen LogP contribution is 2.39. The molecule has 0 spiro atoms. The molecule has 25 heavy (non-hydrogen) atoms. The number of rotatable bonds is 4. The standard InChI is InChI=1S/C19H21N5S/c1-13-3-2-4-14(11-13)18-17(16-7-10-21-12-22-16)19(24-23-18)25-15-5-8-20-9-6-15/h2-4,7,10-12,15,20H,5-6,8-9H2,1H3,(H,23,24). The minimum Gasteiger partial charge on any atom is -0.317 e. The van der Waals surface area contributed by atoms with Gasteiger partial charge in [0.15, 0.2) is 0 Å². The number of aromatic amines is 1. The Labute approximate surface area is 151 Å². The first kappa shape index (κ1) is 16.3. The van der Waals surface area contributed by atoms with Gasteiger partial charge in [0.1, 0.15) is 11.4 Å². The molecule has 3 aromatic rings. The van der Waals surface area contributed by atoms with Crippen LogP contribution in [0.2, 0.25) is 0 Å². The number of nitrogens with one attached hydrogen (secondary N) is 2. The van der Waals surface area contributed by atoms with Crippen LogP contribution in [0.1, 0.15) is 18.4 Å². The van der Waals surface area contributed by atoms with E-state index in [0.29, 0.717) is 5.25 Å². The lowest BCUT2D eigenvalue weighted by molar-refractivity contribution is 0.531. The van der Waals surface area contributed by atoms with Gasteiger partial charge in [-0.3, -0.25) is 5.10 Å². The zero-order valence-electron chi connectivity index (χ0n) is 14.2. The van der Waals surface area contributed by atoms with Crippen LogP contribution in [0.5, 0.6) is 0 Å². The van der Waals surface area contributed by atoms with E-state index >= 15 is 0 Å². The summed E-state index contributed by atoms with van der Waals surface area (Å²) >= 11 is 1.86. The number of benzene rings is 1. The second kappa shape index (κ2) is 7.37. The van der Waals surface area contributed by atoms with Gasteiger partial charge in [0, 0.05) is 17.0 Å². The van der Waals surface area contributed by atoms with Crippen molar-refractivity contribution in [3.05, 3.63) is 48.4 Å². The highest BCUT2D eigenvalue weighted by molar-refractivity contribution is 8.00. The number of H-pyrrole nitrogens is 1. The molecule has 1 saturated heterocycles. The predicted octanol–water partition coefficient (Wildman–Crippen LogP) is 3.69. The highest BCUT2D eigenvalue weighted by atomic mass is 32.2. The fraction of sp³-hybridized carbons (Fsp3) is 0.316. The van der Waals surface area contributed by atoms with E-state index in [1.165, 1.54) is 18.4 Å². The molecule has 1 aliphatic heterocycles. The summed E-state index contributed by atoms with van der Waals surface area (Å²) in [5.74, 6) is 0. The average molecular weight is 351 g/mol. The molecule has 128 valence electrons. The van der Waals surface area contributed by atoms with Crippen molar-refractivity contribution in [1.29, 1.82) is 0 Å². The summed E-state index contributed by atoms with van der Waals surface area (Å²) in [5.41, 5.74) is 5.39. The summed E-state index contributed by atoms with van der Waals surface area (Å²) in [6.45, 7) is 4.26. The summed E-state index contributed by atoms with van der Waals surface area (Å²) in [6, 6.07) is 10.4. The molecule has 6 heteroatoms. The molecule has 4 rings (SSSR count). The molecule has 2 N–H and O–H groups in total. The van der Waals surface area contributed by atoms with Gasteiger partial charge >= 0.3 is 0 Å². The molecule has 0 aliphatic carbocycles. The van der Waals surface area contributed by atoms with E-state index in [1.807, 2.05) is 17.8 Å². The molecule has 0 amide bonds. The van der Waals surface area contributed by atoms with Crippen molar-refractivity contribution in [2.75, 3.05) is 13.1 Å². The smallest absolute Gasteiger partial charge is 0.128 e. The fourth-order valence-corrected chi connectivity index (χ4v) is 4.38. The Kier molecular flexibility index (Phi) is 4.81. The summed E-state index contributed by atoms with van der Waals surface area (Å²) in [5, 5.41) is 13.0.